The van der Waals surface area contributed by atoms with Crippen molar-refractivity contribution in [3.63, 3.8) is 0 Å². The number of furan rings is 1. The molecule has 0 atom stereocenters. The van der Waals surface area contributed by atoms with Crippen LogP contribution in [0.3, 0.4) is 0 Å². The first kappa shape index (κ1) is 15.8. The van der Waals surface area contributed by atoms with Gasteiger partial charge in [0.1, 0.15) is 11.3 Å². The van der Waals surface area contributed by atoms with E-state index in [9.17, 15) is 9.59 Å². The summed E-state index contributed by atoms with van der Waals surface area (Å²) in [6, 6.07) is 15.6. The van der Waals surface area contributed by atoms with E-state index in [4.69, 9.17) is 9.52 Å². The summed E-state index contributed by atoms with van der Waals surface area (Å²) in [5.74, 6) is -0.826. The molecule has 4 rings (SSSR count). The first-order valence-electron chi connectivity index (χ1n) is 7.96. The smallest absolute Gasteiger partial charge is 0.335 e. The number of hydrazone groups is 1. The van der Waals surface area contributed by atoms with E-state index in [1.807, 2.05) is 30.3 Å². The van der Waals surface area contributed by atoms with Gasteiger partial charge in [-0.2, -0.15) is 10.1 Å². The number of carboxylic acid groups (broad SMARTS) is 1. The molecule has 1 amide bonds. The fourth-order valence-corrected chi connectivity index (χ4v) is 2.85. The topological polar surface area (TPSA) is 83.1 Å². The van der Waals surface area contributed by atoms with Crippen molar-refractivity contribution < 1.29 is 19.1 Å². The van der Waals surface area contributed by atoms with Gasteiger partial charge in [-0.15, -0.1) is 0 Å². The number of benzene rings is 2. The monoisotopic (exact) mass is 346 g/mol. The molecule has 1 aromatic heterocycles. The lowest BCUT2D eigenvalue weighted by Crippen LogP contribution is -2.21. The van der Waals surface area contributed by atoms with Crippen molar-refractivity contribution in [2.45, 2.75) is 6.92 Å². The average molecular weight is 346 g/mol. The molecule has 0 bridgehead atoms. The Kier molecular flexibility index (Phi) is 3.65. The van der Waals surface area contributed by atoms with Gasteiger partial charge in [0.05, 0.1) is 22.5 Å². The molecular formula is C20H14N2O4. The van der Waals surface area contributed by atoms with Crippen molar-refractivity contribution in [3.8, 4) is 0 Å². The van der Waals surface area contributed by atoms with E-state index in [1.165, 1.54) is 17.1 Å². The maximum Gasteiger partial charge on any atom is 0.335 e. The summed E-state index contributed by atoms with van der Waals surface area (Å²) < 4.78 is 5.74. The molecule has 2 aromatic carbocycles. The number of amides is 1. The van der Waals surface area contributed by atoms with E-state index in [0.29, 0.717) is 22.7 Å². The number of carboxylic acids is 1. The molecule has 3 aromatic rings. The first-order valence-corrected chi connectivity index (χ1v) is 7.96. The zero-order valence-corrected chi connectivity index (χ0v) is 13.8. The van der Waals surface area contributed by atoms with Crippen LogP contribution < -0.4 is 5.01 Å². The van der Waals surface area contributed by atoms with Crippen LogP contribution in [0, 0.1) is 0 Å². The van der Waals surface area contributed by atoms with E-state index >= 15 is 0 Å². The molecule has 0 fully saturated rings. The third-order valence-corrected chi connectivity index (χ3v) is 4.13. The number of hydrogen-bond acceptors (Lipinski definition) is 4. The van der Waals surface area contributed by atoms with Crippen molar-refractivity contribution in [3.05, 3.63) is 71.5 Å². The van der Waals surface area contributed by atoms with Crippen LogP contribution in [-0.2, 0) is 4.79 Å². The minimum Gasteiger partial charge on any atom is -0.478 e. The summed E-state index contributed by atoms with van der Waals surface area (Å²) in [4.78, 5) is 23.9. The van der Waals surface area contributed by atoms with Gasteiger partial charge in [0.25, 0.3) is 5.91 Å². The number of nitrogens with zero attached hydrogens (tertiary/aromatic N) is 2. The second-order valence-electron chi connectivity index (χ2n) is 5.90. The Morgan fingerprint density at radius 3 is 2.73 bits per heavy atom. The van der Waals surface area contributed by atoms with E-state index < -0.39 is 5.97 Å². The van der Waals surface area contributed by atoms with E-state index in [0.717, 1.165) is 11.0 Å². The van der Waals surface area contributed by atoms with Crippen LogP contribution in [0.15, 0.2) is 69.7 Å². The van der Waals surface area contributed by atoms with Crippen molar-refractivity contribution in [1.29, 1.82) is 0 Å². The van der Waals surface area contributed by atoms with Crippen LogP contribution in [0.4, 0.5) is 5.69 Å². The van der Waals surface area contributed by atoms with E-state index in [2.05, 4.69) is 5.10 Å². The fraction of sp³-hybridized carbons (Fsp3) is 0.0500. The Morgan fingerprint density at radius 1 is 1.15 bits per heavy atom. The largest absolute Gasteiger partial charge is 0.478 e. The Balaban J connectivity index is 1.70. The number of hydrogen-bond donors (Lipinski definition) is 1. The van der Waals surface area contributed by atoms with Gasteiger partial charge in [0.15, 0.2) is 0 Å². The van der Waals surface area contributed by atoms with Gasteiger partial charge in [-0.05, 0) is 43.3 Å². The van der Waals surface area contributed by atoms with Gasteiger partial charge in [-0.1, -0.05) is 24.3 Å². The molecule has 1 N–H and O–H groups in total. The Morgan fingerprint density at radius 2 is 1.96 bits per heavy atom. The van der Waals surface area contributed by atoms with Gasteiger partial charge in [-0.3, -0.25) is 4.79 Å². The Hall–Kier alpha value is -3.67. The molecule has 6 heteroatoms. The predicted molar refractivity (Wildman–Crippen MR) is 98.2 cm³/mol. The number of para-hydroxylation sites is 1. The third kappa shape index (κ3) is 2.67. The molecule has 1 aliphatic rings. The van der Waals surface area contributed by atoms with Crippen LogP contribution in [0.25, 0.3) is 17.0 Å². The third-order valence-electron chi connectivity index (χ3n) is 4.13. The Labute approximate surface area is 148 Å². The number of anilines is 1. The summed E-state index contributed by atoms with van der Waals surface area (Å²) in [5.41, 5.74) is 2.19. The van der Waals surface area contributed by atoms with Crippen molar-refractivity contribution in [1.82, 2.24) is 0 Å². The maximum absolute atomic E-state index is 12.8. The second-order valence-corrected chi connectivity index (χ2v) is 5.90. The zero-order valence-electron chi connectivity index (χ0n) is 13.8. The van der Waals surface area contributed by atoms with Gasteiger partial charge in [0.2, 0.25) is 0 Å². The van der Waals surface area contributed by atoms with Crippen LogP contribution in [-0.4, -0.2) is 22.7 Å². The highest BCUT2D eigenvalue weighted by molar-refractivity contribution is 6.32. The summed E-state index contributed by atoms with van der Waals surface area (Å²) in [6.45, 7) is 1.73. The quantitative estimate of drug-likeness (QED) is 0.728. The molecule has 26 heavy (non-hydrogen) atoms. The summed E-state index contributed by atoms with van der Waals surface area (Å²) >= 11 is 0. The standard InChI is InChI=1S/C20H14N2O4/c1-12-17(11-16-10-13-5-2-3-8-18(13)26-16)19(23)22(21-12)15-7-4-6-14(9-15)20(24)25/h2-11H,1H3,(H,24,25)/b17-11-. The lowest BCUT2D eigenvalue weighted by Gasteiger charge is -2.12. The minimum atomic E-state index is -1.06. The van der Waals surface area contributed by atoms with Crippen LogP contribution in [0.1, 0.15) is 23.0 Å². The van der Waals surface area contributed by atoms with Crippen LogP contribution in [0.2, 0.25) is 0 Å². The van der Waals surface area contributed by atoms with Crippen LogP contribution in [0.5, 0.6) is 0 Å². The van der Waals surface area contributed by atoms with Gasteiger partial charge < -0.3 is 9.52 Å². The second kappa shape index (κ2) is 6.00. The maximum atomic E-state index is 12.8. The minimum absolute atomic E-state index is 0.0952. The fourth-order valence-electron chi connectivity index (χ4n) is 2.85. The van der Waals surface area contributed by atoms with Gasteiger partial charge in [0, 0.05) is 5.39 Å². The molecule has 0 radical (unpaired) electrons. The Bertz CT molecular complexity index is 1070. The molecule has 1 aliphatic heterocycles. The van der Waals surface area contributed by atoms with Gasteiger partial charge in [-0.25, -0.2) is 4.79 Å². The molecule has 6 nitrogen and oxygen atoms in total. The predicted octanol–water partition coefficient (Wildman–Crippen LogP) is 3.94. The number of rotatable bonds is 3. The first-order chi connectivity index (χ1) is 12.5. The van der Waals surface area contributed by atoms with Crippen LogP contribution >= 0.6 is 0 Å². The molecule has 128 valence electrons. The normalized spacial score (nSPS) is 15.7. The molecule has 0 unspecified atom stereocenters. The van der Waals surface area contributed by atoms with Crippen molar-refractivity contribution in [2.24, 2.45) is 5.10 Å². The highest BCUT2D eigenvalue weighted by Crippen LogP contribution is 2.27. The number of fused-ring (bicyclic) bond motifs is 1. The SMILES string of the molecule is CC1=NN(c2cccc(C(=O)O)c2)C(=O)/C1=C\c1cc2ccccc2o1. The molecule has 2 heterocycles. The summed E-state index contributed by atoms with van der Waals surface area (Å²) in [5, 5.41) is 15.5. The molecular weight excluding hydrogens is 332 g/mol. The molecule has 0 saturated carbocycles. The highest BCUT2D eigenvalue weighted by Gasteiger charge is 2.29. The lowest BCUT2D eigenvalue weighted by atomic mass is 10.1. The van der Waals surface area contributed by atoms with E-state index in [-0.39, 0.29) is 11.5 Å². The van der Waals surface area contributed by atoms with E-state index in [1.54, 1.807) is 25.1 Å². The lowest BCUT2D eigenvalue weighted by molar-refractivity contribution is -0.114. The number of carbonyl (C=O) groups is 2. The molecule has 0 spiro atoms. The number of aromatic carboxylic acids is 1. The zero-order chi connectivity index (χ0) is 18.3. The van der Waals surface area contributed by atoms with Gasteiger partial charge >= 0.3 is 5.97 Å². The summed E-state index contributed by atoms with van der Waals surface area (Å²) in [7, 11) is 0. The van der Waals surface area contributed by atoms with Crippen molar-refractivity contribution in [2.75, 3.05) is 5.01 Å². The number of carbonyl (C=O) groups excluding carboxylic acids is 1. The van der Waals surface area contributed by atoms with Crippen molar-refractivity contribution >= 4 is 40.3 Å². The molecule has 0 aliphatic carbocycles. The molecule has 0 saturated heterocycles. The summed E-state index contributed by atoms with van der Waals surface area (Å²) in [6.07, 6.45) is 1.65. The average Bonchev–Trinajstić information content (AvgIpc) is 3.17. The highest BCUT2D eigenvalue weighted by atomic mass is 16.4.